The van der Waals surface area contributed by atoms with Gasteiger partial charge in [-0.3, -0.25) is 14.9 Å². The molecule has 182 valence electrons. The molecule has 1 amide bonds. The first-order valence-corrected chi connectivity index (χ1v) is 11.9. The van der Waals surface area contributed by atoms with E-state index >= 15 is 0 Å². The largest absolute Gasteiger partial charge is 0.479 e. The molecule has 0 aliphatic rings. The highest BCUT2D eigenvalue weighted by molar-refractivity contribution is 7.89. The van der Waals surface area contributed by atoms with Gasteiger partial charge in [-0.25, -0.2) is 22.8 Å². The maximum atomic E-state index is 12.3. The van der Waals surface area contributed by atoms with E-state index in [0.29, 0.717) is 17.9 Å². The summed E-state index contributed by atoms with van der Waals surface area (Å²) in [5, 5.41) is 18.6. The number of nitro benzene ring substituents is 1. The van der Waals surface area contributed by atoms with Crippen LogP contribution in [-0.2, 0) is 28.3 Å². The highest BCUT2D eigenvalue weighted by Gasteiger charge is 2.19. The smallest absolute Gasteiger partial charge is 0.270 e. The van der Waals surface area contributed by atoms with E-state index in [1.54, 1.807) is 18.8 Å². The lowest BCUT2D eigenvalue weighted by Gasteiger charge is -2.12. The Hall–Kier alpha value is -3.58. The van der Waals surface area contributed by atoms with Crippen molar-refractivity contribution >= 4 is 32.7 Å². The maximum absolute atomic E-state index is 12.3. The molecule has 3 rings (SSSR count). The molecule has 2 heterocycles. The molecule has 1 aromatic carbocycles. The summed E-state index contributed by atoms with van der Waals surface area (Å²) in [6.07, 6.45) is 0.638. The molecular weight excluding hydrogens is 464 g/mol. The van der Waals surface area contributed by atoms with Crippen LogP contribution in [0.15, 0.2) is 29.2 Å². The Morgan fingerprint density at radius 1 is 1.26 bits per heavy atom. The predicted octanol–water partition coefficient (Wildman–Crippen LogP) is 1.53. The Labute approximate surface area is 196 Å². The van der Waals surface area contributed by atoms with E-state index in [0.717, 1.165) is 28.3 Å². The number of fused-ring (bicyclic) bond motifs is 1. The number of nitrogens with one attached hydrogen (secondary N) is 2. The van der Waals surface area contributed by atoms with Crippen molar-refractivity contribution in [3.63, 3.8) is 0 Å². The predicted molar refractivity (Wildman–Crippen MR) is 124 cm³/mol. The number of amides is 1. The second-order valence-electron chi connectivity index (χ2n) is 7.63. The molecule has 3 aromatic rings. The molecule has 0 unspecified atom stereocenters. The summed E-state index contributed by atoms with van der Waals surface area (Å²) in [4.78, 5) is 26.9. The van der Waals surface area contributed by atoms with Crippen molar-refractivity contribution in [2.24, 2.45) is 7.05 Å². The lowest BCUT2D eigenvalue weighted by molar-refractivity contribution is -0.385. The molecule has 0 aliphatic carbocycles. The Kier molecular flexibility index (Phi) is 7.47. The second-order valence-corrected chi connectivity index (χ2v) is 9.40. The first-order valence-electron chi connectivity index (χ1n) is 10.4. The van der Waals surface area contributed by atoms with Gasteiger partial charge in [-0.15, -0.1) is 5.10 Å². The monoisotopic (exact) mass is 490 g/mol. The van der Waals surface area contributed by atoms with Gasteiger partial charge in [-0.2, -0.15) is 0 Å². The minimum absolute atomic E-state index is 0.0603. The van der Waals surface area contributed by atoms with Crippen molar-refractivity contribution in [3.8, 4) is 5.88 Å². The van der Waals surface area contributed by atoms with Crippen LogP contribution in [0.4, 0.5) is 5.69 Å². The quantitative estimate of drug-likeness (QED) is 0.246. The molecule has 0 bridgehead atoms. The summed E-state index contributed by atoms with van der Waals surface area (Å²) < 4.78 is 34.0. The van der Waals surface area contributed by atoms with Crippen LogP contribution in [0, 0.1) is 24.0 Å². The Bertz CT molecular complexity index is 1350. The molecule has 0 saturated heterocycles. The summed E-state index contributed by atoms with van der Waals surface area (Å²) in [6.45, 7) is 3.83. The van der Waals surface area contributed by atoms with Crippen LogP contribution in [0.2, 0.25) is 0 Å². The molecule has 12 nitrogen and oxygen atoms in total. The molecule has 0 atom stereocenters. The third-order valence-corrected chi connectivity index (χ3v) is 6.85. The van der Waals surface area contributed by atoms with Gasteiger partial charge in [0.05, 0.1) is 22.3 Å². The third kappa shape index (κ3) is 5.31. The van der Waals surface area contributed by atoms with Gasteiger partial charge in [-0.1, -0.05) is 6.07 Å². The Morgan fingerprint density at radius 3 is 2.68 bits per heavy atom. The van der Waals surface area contributed by atoms with Crippen molar-refractivity contribution in [2.75, 3.05) is 20.2 Å². The molecule has 0 spiro atoms. The van der Waals surface area contributed by atoms with Crippen molar-refractivity contribution in [3.05, 3.63) is 51.2 Å². The van der Waals surface area contributed by atoms with Crippen molar-refractivity contribution in [2.45, 2.75) is 31.6 Å². The number of sulfonamides is 1. The van der Waals surface area contributed by atoms with Gasteiger partial charge in [0, 0.05) is 44.4 Å². The van der Waals surface area contributed by atoms with Gasteiger partial charge in [-0.05, 0) is 37.5 Å². The number of aromatic nitrogens is 3. The average molecular weight is 491 g/mol. The molecule has 2 N–H and O–H groups in total. The summed E-state index contributed by atoms with van der Waals surface area (Å²) in [5.41, 5.74) is 3.06. The SMILES string of the molecule is COc1nn(C)c2nc(C)c(CCC(=O)NCCNS(=O)(=O)c3cccc([N+](=O)[O-])c3)c(C)c12. The number of ether oxygens (including phenoxy) is 1. The summed E-state index contributed by atoms with van der Waals surface area (Å²) in [7, 11) is -0.608. The topological polar surface area (TPSA) is 158 Å². The minimum atomic E-state index is -3.94. The van der Waals surface area contributed by atoms with Crippen LogP contribution < -0.4 is 14.8 Å². The van der Waals surface area contributed by atoms with Gasteiger partial charge in [0.2, 0.25) is 21.8 Å². The van der Waals surface area contributed by atoms with E-state index in [2.05, 4.69) is 20.1 Å². The summed E-state index contributed by atoms with van der Waals surface area (Å²) in [6, 6.07) is 4.75. The standard InChI is InChI=1S/C21H26N6O6S/c1-13-17(14(2)24-20-19(13)21(33-4)25-26(20)3)8-9-18(28)22-10-11-23-34(31,32)16-7-5-6-15(12-16)27(29)30/h5-7,12,23H,8-11H2,1-4H3,(H,22,28). The lowest BCUT2D eigenvalue weighted by Crippen LogP contribution is -2.34. The molecule has 2 aromatic heterocycles. The van der Waals surface area contributed by atoms with E-state index in [1.807, 2.05) is 13.8 Å². The molecule has 0 aliphatic heterocycles. The lowest BCUT2D eigenvalue weighted by atomic mass is 10.00. The maximum Gasteiger partial charge on any atom is 0.270 e. The van der Waals surface area contributed by atoms with Crippen molar-refractivity contribution < 1.29 is 22.9 Å². The van der Waals surface area contributed by atoms with Crippen LogP contribution in [0.5, 0.6) is 5.88 Å². The number of nitrogens with zero attached hydrogens (tertiary/aromatic N) is 4. The number of carbonyl (C=O) groups is 1. The number of benzene rings is 1. The third-order valence-electron chi connectivity index (χ3n) is 5.40. The first-order chi connectivity index (χ1) is 16.0. The zero-order chi connectivity index (χ0) is 25.0. The fourth-order valence-corrected chi connectivity index (χ4v) is 4.74. The van der Waals surface area contributed by atoms with Crippen molar-refractivity contribution in [1.82, 2.24) is 24.8 Å². The van der Waals surface area contributed by atoms with Crippen molar-refractivity contribution in [1.29, 1.82) is 0 Å². The van der Waals surface area contributed by atoms with Gasteiger partial charge in [0.15, 0.2) is 5.65 Å². The first kappa shape index (κ1) is 25.1. The van der Waals surface area contributed by atoms with E-state index in [4.69, 9.17) is 4.74 Å². The van der Waals surface area contributed by atoms with Crippen LogP contribution in [0.25, 0.3) is 11.0 Å². The molecule has 0 saturated carbocycles. The molecule has 0 radical (unpaired) electrons. The van der Waals surface area contributed by atoms with E-state index in [1.165, 1.54) is 18.2 Å². The molecule has 0 fully saturated rings. The zero-order valence-corrected chi connectivity index (χ0v) is 20.1. The Morgan fingerprint density at radius 2 is 2.00 bits per heavy atom. The number of pyridine rings is 1. The summed E-state index contributed by atoms with van der Waals surface area (Å²) in [5.74, 6) is 0.232. The molecule has 34 heavy (non-hydrogen) atoms. The van der Waals surface area contributed by atoms with Crippen LogP contribution >= 0.6 is 0 Å². The summed E-state index contributed by atoms with van der Waals surface area (Å²) >= 11 is 0. The molecular formula is C21H26N6O6S. The van der Waals surface area contributed by atoms with E-state index in [9.17, 15) is 23.3 Å². The van der Waals surface area contributed by atoms with Crippen LogP contribution in [0.1, 0.15) is 23.2 Å². The minimum Gasteiger partial charge on any atom is -0.479 e. The number of non-ortho nitro benzene ring substituents is 1. The van der Waals surface area contributed by atoms with E-state index < -0.39 is 14.9 Å². The van der Waals surface area contributed by atoms with Crippen LogP contribution in [0.3, 0.4) is 0 Å². The normalized spacial score (nSPS) is 11.5. The van der Waals surface area contributed by atoms with Gasteiger partial charge >= 0.3 is 0 Å². The van der Waals surface area contributed by atoms with Gasteiger partial charge < -0.3 is 10.1 Å². The highest BCUT2D eigenvalue weighted by atomic mass is 32.2. The second kappa shape index (κ2) is 10.1. The number of hydrogen-bond acceptors (Lipinski definition) is 8. The fourth-order valence-electron chi connectivity index (χ4n) is 3.67. The number of nitro groups is 1. The number of carbonyl (C=O) groups excluding carboxylic acids is 1. The number of aryl methyl sites for hydroxylation is 3. The zero-order valence-electron chi connectivity index (χ0n) is 19.3. The number of methoxy groups -OCH3 is 1. The Balaban J connectivity index is 1.56. The highest BCUT2D eigenvalue weighted by Crippen LogP contribution is 2.30. The van der Waals surface area contributed by atoms with Crippen LogP contribution in [-0.4, -0.2) is 54.2 Å². The van der Waals surface area contributed by atoms with Gasteiger partial charge in [0.1, 0.15) is 0 Å². The molecule has 13 heteroatoms. The number of hydrogen-bond donors (Lipinski definition) is 2. The fraction of sp³-hybridized carbons (Fsp3) is 0.381. The average Bonchev–Trinajstić information content (AvgIpc) is 3.12. The number of rotatable bonds is 10. The van der Waals surface area contributed by atoms with Gasteiger partial charge in [0.25, 0.3) is 5.69 Å². The van der Waals surface area contributed by atoms with E-state index in [-0.39, 0.29) is 36.0 Å².